The molecular weight excluding hydrogens is 436 g/mol. The van der Waals surface area contributed by atoms with E-state index in [9.17, 15) is 9.59 Å². The number of imide groups is 1. The fraction of sp³-hybridized carbons (Fsp3) is 0.192. The lowest BCUT2D eigenvalue weighted by Crippen LogP contribution is -2.25. The van der Waals surface area contributed by atoms with E-state index in [1.807, 2.05) is 61.5 Å². The molecule has 1 fully saturated rings. The number of carbonyl (C=O) groups excluding carboxylic acids is 2. The Bertz CT molecular complexity index is 1130. The van der Waals surface area contributed by atoms with E-state index in [4.69, 9.17) is 9.57 Å². The molecule has 1 atom stereocenters. The summed E-state index contributed by atoms with van der Waals surface area (Å²) in [6, 6.07) is 25.9. The van der Waals surface area contributed by atoms with Gasteiger partial charge in [-0.15, -0.1) is 0 Å². The first-order valence-electron chi connectivity index (χ1n) is 10.6. The number of rotatable bonds is 9. The Morgan fingerprint density at radius 2 is 1.61 bits per heavy atom. The Balaban J connectivity index is 1.20. The number of ether oxygens (including phenoxy) is 1. The van der Waals surface area contributed by atoms with Crippen LogP contribution in [0.15, 0.2) is 84.0 Å². The number of hydrogen-bond acceptors (Lipinski definition) is 6. The van der Waals surface area contributed by atoms with Gasteiger partial charge >= 0.3 is 0 Å². The first kappa shape index (κ1) is 22.6. The zero-order valence-electron chi connectivity index (χ0n) is 18.2. The van der Waals surface area contributed by atoms with Crippen molar-refractivity contribution in [2.24, 2.45) is 5.16 Å². The summed E-state index contributed by atoms with van der Waals surface area (Å²) in [5, 5.41) is 5.83. The molecule has 33 heavy (non-hydrogen) atoms. The topological polar surface area (TPSA) is 77.0 Å². The van der Waals surface area contributed by atoms with Crippen molar-refractivity contribution in [3.63, 3.8) is 0 Å². The predicted molar refractivity (Wildman–Crippen MR) is 131 cm³/mol. The lowest BCUT2D eigenvalue weighted by molar-refractivity contribution is -0.118. The molecule has 2 amide bonds. The van der Waals surface area contributed by atoms with E-state index in [2.05, 4.69) is 34.7 Å². The average Bonchev–Trinajstić information content (AvgIpc) is 3.16. The number of thioether (sulfide) groups is 1. The third-order valence-electron chi connectivity index (χ3n) is 5.17. The maximum Gasteiger partial charge on any atom is 0.286 e. The van der Waals surface area contributed by atoms with Gasteiger partial charge in [-0.1, -0.05) is 83.6 Å². The monoisotopic (exact) mass is 460 g/mol. The van der Waals surface area contributed by atoms with Crippen molar-refractivity contribution in [3.8, 4) is 16.9 Å². The molecule has 0 bridgehead atoms. The Morgan fingerprint density at radius 3 is 2.27 bits per heavy atom. The third kappa shape index (κ3) is 6.23. The molecule has 0 aliphatic carbocycles. The molecule has 7 heteroatoms. The van der Waals surface area contributed by atoms with Crippen LogP contribution in [0.4, 0.5) is 4.79 Å². The van der Waals surface area contributed by atoms with Gasteiger partial charge in [-0.3, -0.25) is 14.9 Å². The first-order chi connectivity index (χ1) is 16.1. The molecule has 1 heterocycles. The molecule has 0 radical (unpaired) electrons. The van der Waals surface area contributed by atoms with E-state index in [1.165, 1.54) is 5.56 Å². The van der Waals surface area contributed by atoms with Crippen molar-refractivity contribution in [1.29, 1.82) is 0 Å². The van der Waals surface area contributed by atoms with E-state index < -0.39 is 0 Å². The quantitative estimate of drug-likeness (QED) is 0.274. The van der Waals surface area contributed by atoms with Crippen LogP contribution in [0.25, 0.3) is 11.1 Å². The van der Waals surface area contributed by atoms with Gasteiger partial charge in [0.2, 0.25) is 5.91 Å². The third-order valence-corrected chi connectivity index (χ3v) is 6.15. The lowest BCUT2D eigenvalue weighted by Gasteiger charge is -2.08. The van der Waals surface area contributed by atoms with Crippen LogP contribution in [-0.2, 0) is 16.1 Å². The van der Waals surface area contributed by atoms with E-state index in [0.29, 0.717) is 25.4 Å². The zero-order chi connectivity index (χ0) is 23.0. The van der Waals surface area contributed by atoms with Crippen molar-refractivity contribution >= 4 is 28.6 Å². The van der Waals surface area contributed by atoms with E-state index >= 15 is 0 Å². The normalized spacial score (nSPS) is 15.9. The minimum atomic E-state index is -0.367. The summed E-state index contributed by atoms with van der Waals surface area (Å²) in [5.41, 5.74) is 5.11. The van der Waals surface area contributed by atoms with E-state index in [0.717, 1.165) is 34.2 Å². The highest BCUT2D eigenvalue weighted by Gasteiger charge is 2.31. The fourth-order valence-electron chi connectivity index (χ4n) is 3.39. The van der Waals surface area contributed by atoms with Gasteiger partial charge in [0.1, 0.15) is 12.4 Å². The Morgan fingerprint density at radius 1 is 0.909 bits per heavy atom. The summed E-state index contributed by atoms with van der Waals surface area (Å²) in [6.07, 6.45) is 0.506. The van der Waals surface area contributed by atoms with Crippen molar-refractivity contribution < 1.29 is 19.2 Å². The minimum absolute atomic E-state index is 0.231. The number of nitrogens with one attached hydrogen (secondary N) is 1. The Kier molecular flexibility index (Phi) is 7.42. The molecule has 0 aromatic heterocycles. The van der Waals surface area contributed by atoms with Crippen LogP contribution in [0.2, 0.25) is 0 Å². The van der Waals surface area contributed by atoms with Crippen LogP contribution in [0.1, 0.15) is 18.1 Å². The molecule has 1 aliphatic heterocycles. The van der Waals surface area contributed by atoms with Crippen LogP contribution >= 0.6 is 11.8 Å². The number of carbonyl (C=O) groups is 2. The van der Waals surface area contributed by atoms with E-state index in [-0.39, 0.29) is 16.4 Å². The van der Waals surface area contributed by atoms with Crippen LogP contribution in [0.3, 0.4) is 0 Å². The van der Waals surface area contributed by atoms with Crippen LogP contribution < -0.4 is 10.1 Å². The number of oxime groups is 1. The molecule has 3 aromatic rings. The second-order valence-electron chi connectivity index (χ2n) is 7.53. The van der Waals surface area contributed by atoms with Gasteiger partial charge in [-0.05, 0) is 47.7 Å². The second kappa shape index (κ2) is 10.8. The standard InChI is InChI=1S/C26H24N2O4S/c1-18(20-9-11-22(12-10-20)21-5-3-2-4-6-21)28-32-16-15-31-23-13-7-19(8-14-23)17-24-25(29)27-26(30)33-24/h2-14,24H,15-17H2,1H3,(H,27,29,30)/b28-18-. The smallest absolute Gasteiger partial charge is 0.286 e. The molecule has 4 rings (SSSR count). The lowest BCUT2D eigenvalue weighted by atomic mass is 10.0. The average molecular weight is 461 g/mol. The SMILES string of the molecule is C/C(=N/OCCOc1ccc(CC2SC(=O)NC2=O)cc1)c1ccc(-c2ccccc2)cc1. The largest absolute Gasteiger partial charge is 0.490 e. The highest BCUT2D eigenvalue weighted by atomic mass is 32.2. The van der Waals surface area contributed by atoms with Crippen LogP contribution in [0, 0.1) is 0 Å². The summed E-state index contributed by atoms with van der Waals surface area (Å²) in [7, 11) is 0. The zero-order valence-corrected chi connectivity index (χ0v) is 19.0. The van der Waals surface area contributed by atoms with Gasteiger partial charge in [0.05, 0.1) is 11.0 Å². The first-order valence-corrected chi connectivity index (χ1v) is 11.5. The number of nitrogens with zero attached hydrogens (tertiary/aromatic N) is 1. The van der Waals surface area contributed by atoms with Gasteiger partial charge in [0, 0.05) is 0 Å². The molecule has 1 N–H and O–H groups in total. The van der Waals surface area contributed by atoms with Gasteiger partial charge in [-0.2, -0.15) is 0 Å². The molecule has 1 saturated heterocycles. The number of hydrogen-bond donors (Lipinski definition) is 1. The molecule has 1 aliphatic rings. The molecule has 1 unspecified atom stereocenters. The van der Waals surface area contributed by atoms with Crippen molar-refractivity contribution in [1.82, 2.24) is 5.32 Å². The molecular formula is C26H24N2O4S. The molecule has 0 saturated carbocycles. The summed E-state index contributed by atoms with van der Waals surface area (Å²) in [5.74, 6) is 0.476. The second-order valence-corrected chi connectivity index (χ2v) is 8.71. The number of benzene rings is 3. The maximum absolute atomic E-state index is 11.7. The van der Waals surface area contributed by atoms with Crippen LogP contribution in [0.5, 0.6) is 5.75 Å². The van der Waals surface area contributed by atoms with Gasteiger partial charge in [0.25, 0.3) is 5.24 Å². The molecule has 6 nitrogen and oxygen atoms in total. The highest BCUT2D eigenvalue weighted by Crippen LogP contribution is 2.24. The van der Waals surface area contributed by atoms with Crippen LogP contribution in [-0.4, -0.2) is 35.3 Å². The van der Waals surface area contributed by atoms with Crippen molar-refractivity contribution in [2.75, 3.05) is 13.2 Å². The van der Waals surface area contributed by atoms with Gasteiger partial charge in [0.15, 0.2) is 6.61 Å². The maximum atomic E-state index is 11.7. The summed E-state index contributed by atoms with van der Waals surface area (Å²) in [6.45, 7) is 2.59. The van der Waals surface area contributed by atoms with Gasteiger partial charge < -0.3 is 9.57 Å². The van der Waals surface area contributed by atoms with Crippen molar-refractivity contribution in [3.05, 3.63) is 90.0 Å². The highest BCUT2D eigenvalue weighted by molar-refractivity contribution is 8.15. The molecule has 168 valence electrons. The predicted octanol–water partition coefficient (Wildman–Crippen LogP) is 5.07. The van der Waals surface area contributed by atoms with E-state index in [1.54, 1.807) is 0 Å². The molecule has 3 aromatic carbocycles. The fourth-order valence-corrected chi connectivity index (χ4v) is 4.25. The number of amides is 2. The summed E-state index contributed by atoms with van der Waals surface area (Å²) < 4.78 is 5.69. The molecule has 0 spiro atoms. The Hall–Kier alpha value is -3.58. The van der Waals surface area contributed by atoms with Crippen molar-refractivity contribution in [2.45, 2.75) is 18.6 Å². The van der Waals surface area contributed by atoms with Gasteiger partial charge in [-0.25, -0.2) is 0 Å². The summed E-state index contributed by atoms with van der Waals surface area (Å²) >= 11 is 1.03. The minimum Gasteiger partial charge on any atom is -0.490 e. The Labute approximate surface area is 197 Å². The summed E-state index contributed by atoms with van der Waals surface area (Å²) in [4.78, 5) is 28.3.